The smallest absolute Gasteiger partial charge is 0.252 e. The molecule has 7 aromatic rings. The molecule has 2 aliphatic heterocycles. The third-order valence-corrected chi connectivity index (χ3v) is 15.2. The van der Waals surface area contributed by atoms with E-state index in [4.69, 9.17) is 23.2 Å². The second-order valence-electron chi connectivity index (χ2n) is 20.3. The lowest BCUT2D eigenvalue weighted by Gasteiger charge is -2.39. The predicted octanol–water partition coefficient (Wildman–Crippen LogP) is 12.3. The molecule has 1 aromatic heterocycles. The summed E-state index contributed by atoms with van der Waals surface area (Å²) in [6, 6.07) is 30.1. The number of amides is 4. The van der Waals surface area contributed by atoms with Crippen LogP contribution in [0.5, 0.6) is 0 Å². The fourth-order valence-electron chi connectivity index (χ4n) is 10.7. The summed E-state index contributed by atoms with van der Waals surface area (Å²) in [5, 5.41) is 18.0. The van der Waals surface area contributed by atoms with Crippen LogP contribution >= 0.6 is 23.2 Å². The minimum atomic E-state index is -2.94. The molecule has 82 heavy (non-hydrogen) atoms. The summed E-state index contributed by atoms with van der Waals surface area (Å²) in [6.45, 7) is 0. The van der Waals surface area contributed by atoms with Gasteiger partial charge in [0, 0.05) is 101 Å². The van der Waals surface area contributed by atoms with Crippen molar-refractivity contribution in [2.45, 2.75) is 86.6 Å². The number of rotatable bonds is 13. The van der Waals surface area contributed by atoms with E-state index in [1.54, 1.807) is 59.5 Å². The Hall–Kier alpha value is -8.54. The summed E-state index contributed by atoms with van der Waals surface area (Å²) in [5.41, 5.74) is 3.04. The minimum absolute atomic E-state index is 0.0706. The van der Waals surface area contributed by atoms with Crippen LogP contribution in [-0.2, 0) is 32.0 Å². The van der Waals surface area contributed by atoms with Crippen molar-refractivity contribution < 1.29 is 54.3 Å². The van der Waals surface area contributed by atoms with Gasteiger partial charge in [0.25, 0.3) is 23.7 Å². The zero-order valence-corrected chi connectivity index (χ0v) is 44.3. The van der Waals surface area contributed by atoms with Crippen LogP contribution in [0.3, 0.4) is 0 Å². The number of pyridine rings is 1. The molecule has 6 aromatic carbocycles. The number of fused-ring (bicyclic) bond motifs is 2. The maximum atomic E-state index is 14.9. The lowest BCUT2D eigenvalue weighted by Crippen LogP contribution is -2.56. The van der Waals surface area contributed by atoms with Crippen molar-refractivity contribution in [2.24, 2.45) is 0 Å². The standard InChI is InChI=1S/C33H24ClF4N5O2.C27H22ClF4N3O2/c34-26-7-3-2-6-25(26)30(31(44)41-23-16-33(37,38)17-23)42(24-14-21(35)13-22(36)15-24)32(45)28-12-20-5-1-4-8-27(20)43(28)29-11-19(18-39)9-10-40-29;28-21-7-3-2-6-20(21)24(25(36)33-18-13-27(31,32)14-18)35(19-11-16(29)10-17(30)12-19)26(37)23-9-15-5-1-4-8-22(15)34-23/h1-11,13-15,23,28,30H,12,16-17H2,(H,41,44);1-8,10-12,18,23-24,34H,9,13-14H2,(H,33,36)/t28-,30?;23-,24?/m00/s1. The molecule has 22 heteroatoms. The van der Waals surface area contributed by atoms with Crippen molar-refractivity contribution in [3.05, 3.63) is 213 Å². The highest BCUT2D eigenvalue weighted by molar-refractivity contribution is 6.32. The van der Waals surface area contributed by atoms with Gasteiger partial charge in [0.2, 0.25) is 11.8 Å². The summed E-state index contributed by atoms with van der Waals surface area (Å²) in [7, 11) is 0. The molecule has 0 saturated heterocycles. The van der Waals surface area contributed by atoms with E-state index < -0.39 is 121 Å². The average Bonchev–Trinajstić information content (AvgIpc) is 3.14. The van der Waals surface area contributed by atoms with Gasteiger partial charge in [-0.25, -0.2) is 40.1 Å². The van der Waals surface area contributed by atoms with Gasteiger partial charge in [-0.1, -0.05) is 96.0 Å². The number of para-hydroxylation sites is 2. The molecule has 4 atom stereocenters. The fourth-order valence-corrected chi connectivity index (χ4v) is 11.2. The zero-order chi connectivity index (χ0) is 58.2. The van der Waals surface area contributed by atoms with Crippen molar-refractivity contribution in [3.8, 4) is 6.07 Å². The molecule has 2 aliphatic carbocycles. The van der Waals surface area contributed by atoms with Gasteiger partial charge >= 0.3 is 0 Å². The second kappa shape index (κ2) is 23.1. The lowest BCUT2D eigenvalue weighted by atomic mass is 9.87. The molecule has 3 heterocycles. The van der Waals surface area contributed by atoms with Crippen LogP contribution in [0.15, 0.2) is 152 Å². The first-order valence-corrected chi connectivity index (χ1v) is 26.4. The lowest BCUT2D eigenvalue weighted by molar-refractivity contribution is -0.133. The number of anilines is 5. The molecular formula is C60H46Cl2F8N8O4. The number of hydrogen-bond acceptors (Lipinski definition) is 8. The number of nitriles is 1. The first-order chi connectivity index (χ1) is 39.1. The van der Waals surface area contributed by atoms with Gasteiger partial charge < -0.3 is 20.9 Å². The van der Waals surface area contributed by atoms with Gasteiger partial charge in [-0.2, -0.15) is 5.26 Å². The molecule has 420 valence electrons. The van der Waals surface area contributed by atoms with Crippen LogP contribution in [0, 0.1) is 34.6 Å². The number of alkyl halides is 4. The molecule has 11 rings (SSSR count). The van der Waals surface area contributed by atoms with Crippen molar-refractivity contribution >= 4 is 75.4 Å². The summed E-state index contributed by atoms with van der Waals surface area (Å²) in [5.74, 6) is -12.5. The third kappa shape index (κ3) is 12.1. The Labute approximate surface area is 474 Å². The molecule has 0 bridgehead atoms. The average molecular weight is 1170 g/mol. The second-order valence-corrected chi connectivity index (χ2v) is 21.1. The van der Waals surface area contributed by atoms with E-state index in [2.05, 4.69) is 20.9 Å². The third-order valence-electron chi connectivity index (χ3n) is 14.5. The predicted molar refractivity (Wildman–Crippen MR) is 291 cm³/mol. The van der Waals surface area contributed by atoms with Crippen LogP contribution < -0.4 is 30.7 Å². The number of carbonyl (C=O) groups is 4. The highest BCUT2D eigenvalue weighted by Crippen LogP contribution is 2.44. The Balaban J connectivity index is 0.000000187. The van der Waals surface area contributed by atoms with E-state index in [0.29, 0.717) is 17.8 Å². The maximum absolute atomic E-state index is 14.9. The van der Waals surface area contributed by atoms with Crippen molar-refractivity contribution in [1.82, 2.24) is 15.6 Å². The molecule has 3 N–H and O–H groups in total. The van der Waals surface area contributed by atoms with E-state index in [1.165, 1.54) is 42.6 Å². The van der Waals surface area contributed by atoms with Gasteiger partial charge in [-0.15, -0.1) is 0 Å². The molecule has 12 nitrogen and oxygen atoms in total. The molecule has 4 amide bonds. The quantitative estimate of drug-likeness (QED) is 0.0966. The Kier molecular flexibility index (Phi) is 16.0. The number of nitrogens with one attached hydrogen (secondary N) is 3. The normalized spacial score (nSPS) is 18.1. The largest absolute Gasteiger partial charge is 0.373 e. The van der Waals surface area contributed by atoms with Crippen molar-refractivity contribution in [1.29, 1.82) is 5.26 Å². The van der Waals surface area contributed by atoms with E-state index in [-0.39, 0.29) is 56.8 Å². The Morgan fingerprint density at radius 2 is 1.07 bits per heavy atom. The molecule has 2 fully saturated rings. The zero-order valence-electron chi connectivity index (χ0n) is 42.8. The van der Waals surface area contributed by atoms with Crippen LogP contribution in [0.4, 0.5) is 63.7 Å². The van der Waals surface area contributed by atoms with Gasteiger partial charge in [0.05, 0.1) is 23.0 Å². The van der Waals surface area contributed by atoms with E-state index in [0.717, 1.165) is 50.9 Å². The summed E-state index contributed by atoms with van der Waals surface area (Å²) >= 11 is 13.0. The minimum Gasteiger partial charge on any atom is -0.373 e. The summed E-state index contributed by atoms with van der Waals surface area (Å²) in [6.07, 6.45) is -0.467. The van der Waals surface area contributed by atoms with Crippen LogP contribution in [0.25, 0.3) is 0 Å². The van der Waals surface area contributed by atoms with Crippen molar-refractivity contribution in [2.75, 3.05) is 20.0 Å². The first-order valence-electron chi connectivity index (χ1n) is 25.7. The highest BCUT2D eigenvalue weighted by atomic mass is 35.5. The Bertz CT molecular complexity index is 3600. The Morgan fingerprint density at radius 3 is 1.56 bits per heavy atom. The fraction of sp³-hybridized carbons (Fsp3) is 0.233. The van der Waals surface area contributed by atoms with Gasteiger partial charge in [-0.3, -0.25) is 29.0 Å². The number of hydrogen-bond donors (Lipinski definition) is 3. The summed E-state index contributed by atoms with van der Waals surface area (Å²) in [4.78, 5) is 64.5. The molecule has 0 spiro atoms. The number of nitrogens with zero attached hydrogens (tertiary/aromatic N) is 5. The molecule has 0 radical (unpaired) electrons. The van der Waals surface area contributed by atoms with E-state index in [1.807, 2.05) is 24.3 Å². The van der Waals surface area contributed by atoms with Gasteiger partial charge in [0.15, 0.2) is 0 Å². The maximum Gasteiger partial charge on any atom is 0.252 e. The SMILES string of the molecule is N#Cc1ccnc(N2c3ccccc3C[C@H]2C(=O)N(c2cc(F)cc(F)c2)C(C(=O)NC2CC(F)(F)C2)c2ccccc2Cl)c1.O=C(NC1CC(F)(F)C1)C(c1ccccc1Cl)N(C(=O)[C@@H]1Cc2ccccc2N1)c1cc(F)cc(F)c1. The number of aromatic nitrogens is 1. The molecule has 2 unspecified atom stereocenters. The topological polar surface area (TPSA) is 151 Å². The molecular weight excluding hydrogens is 1120 g/mol. The first kappa shape index (κ1) is 56.7. The van der Waals surface area contributed by atoms with Gasteiger partial charge in [-0.05, 0) is 71.8 Å². The van der Waals surface area contributed by atoms with Crippen LogP contribution in [-0.4, -0.2) is 64.6 Å². The van der Waals surface area contributed by atoms with Crippen LogP contribution in [0.1, 0.15) is 65.6 Å². The summed E-state index contributed by atoms with van der Waals surface area (Å²) < 4.78 is 113. The monoisotopic (exact) mass is 1160 g/mol. The molecule has 4 aliphatic rings. The number of halogens is 10. The number of carbonyl (C=O) groups excluding carboxylic acids is 4. The van der Waals surface area contributed by atoms with Crippen molar-refractivity contribution in [3.63, 3.8) is 0 Å². The van der Waals surface area contributed by atoms with Crippen LogP contribution in [0.2, 0.25) is 10.0 Å². The molecule has 2 saturated carbocycles. The Morgan fingerprint density at radius 1 is 0.610 bits per heavy atom. The van der Waals surface area contributed by atoms with E-state index >= 15 is 0 Å². The highest BCUT2D eigenvalue weighted by Gasteiger charge is 2.50. The van der Waals surface area contributed by atoms with E-state index in [9.17, 15) is 59.6 Å². The number of benzene rings is 6. The van der Waals surface area contributed by atoms with Gasteiger partial charge in [0.1, 0.15) is 53.3 Å².